The summed E-state index contributed by atoms with van der Waals surface area (Å²) in [5.74, 6) is 1.84. The minimum Gasteiger partial charge on any atom is -0.380 e. The standard InChI is InChI=1S/C17H21N3O2/c1-2-12-3-5-13(6-4-12)16-18-17(22-19-16)14-9-20(10-14)15-7-8-21-11-15/h3-6,14-15H,2,7-11H2,1H3. The van der Waals surface area contributed by atoms with E-state index in [4.69, 9.17) is 9.26 Å². The second-order valence-corrected chi connectivity index (χ2v) is 6.17. The summed E-state index contributed by atoms with van der Waals surface area (Å²) in [6.07, 6.45) is 2.19. The zero-order valence-corrected chi connectivity index (χ0v) is 12.9. The van der Waals surface area contributed by atoms with E-state index in [9.17, 15) is 0 Å². The topological polar surface area (TPSA) is 51.4 Å². The van der Waals surface area contributed by atoms with Gasteiger partial charge in [0.15, 0.2) is 0 Å². The summed E-state index contributed by atoms with van der Waals surface area (Å²) in [6, 6.07) is 8.96. The van der Waals surface area contributed by atoms with Crippen LogP contribution in [0.25, 0.3) is 11.4 Å². The third-order valence-electron chi connectivity index (χ3n) is 4.74. The number of nitrogens with zero attached hydrogens (tertiary/aromatic N) is 3. The van der Waals surface area contributed by atoms with Crippen LogP contribution in [0.4, 0.5) is 0 Å². The molecule has 1 aromatic carbocycles. The predicted octanol–water partition coefficient (Wildman–Crippen LogP) is 2.49. The second kappa shape index (κ2) is 5.82. The van der Waals surface area contributed by atoms with Crippen molar-refractivity contribution in [1.29, 1.82) is 0 Å². The minimum absolute atomic E-state index is 0.372. The molecule has 2 aliphatic heterocycles. The van der Waals surface area contributed by atoms with E-state index in [0.29, 0.717) is 17.8 Å². The normalized spacial score (nSPS) is 22.9. The Morgan fingerprint density at radius 3 is 2.73 bits per heavy atom. The number of likely N-dealkylation sites (tertiary alicyclic amines) is 1. The Balaban J connectivity index is 1.41. The van der Waals surface area contributed by atoms with Crippen molar-refractivity contribution < 1.29 is 9.26 Å². The van der Waals surface area contributed by atoms with Gasteiger partial charge in [0.2, 0.25) is 11.7 Å². The fourth-order valence-corrected chi connectivity index (χ4v) is 3.18. The molecule has 0 spiro atoms. The van der Waals surface area contributed by atoms with Crippen LogP contribution in [0.5, 0.6) is 0 Å². The van der Waals surface area contributed by atoms with E-state index in [2.05, 4.69) is 46.2 Å². The van der Waals surface area contributed by atoms with Crippen molar-refractivity contribution in [2.75, 3.05) is 26.3 Å². The van der Waals surface area contributed by atoms with Gasteiger partial charge in [0, 0.05) is 31.3 Å². The zero-order chi connectivity index (χ0) is 14.9. The van der Waals surface area contributed by atoms with Crippen LogP contribution >= 0.6 is 0 Å². The van der Waals surface area contributed by atoms with Gasteiger partial charge < -0.3 is 9.26 Å². The third kappa shape index (κ3) is 2.55. The average Bonchev–Trinajstić information content (AvgIpc) is 3.18. The van der Waals surface area contributed by atoms with Crippen molar-refractivity contribution in [2.24, 2.45) is 0 Å². The lowest BCUT2D eigenvalue weighted by molar-refractivity contribution is 0.0651. The lowest BCUT2D eigenvalue weighted by Gasteiger charge is -2.40. The van der Waals surface area contributed by atoms with Gasteiger partial charge in [-0.15, -0.1) is 0 Å². The van der Waals surface area contributed by atoms with Crippen molar-refractivity contribution in [2.45, 2.75) is 31.7 Å². The average molecular weight is 299 g/mol. The van der Waals surface area contributed by atoms with Crippen LogP contribution in [0.3, 0.4) is 0 Å². The minimum atomic E-state index is 0.372. The monoisotopic (exact) mass is 299 g/mol. The highest BCUT2D eigenvalue weighted by Crippen LogP contribution is 2.31. The van der Waals surface area contributed by atoms with Gasteiger partial charge in [0.05, 0.1) is 12.5 Å². The first-order chi connectivity index (χ1) is 10.8. The van der Waals surface area contributed by atoms with E-state index < -0.39 is 0 Å². The van der Waals surface area contributed by atoms with E-state index in [1.807, 2.05) is 0 Å². The molecule has 1 unspecified atom stereocenters. The first kappa shape index (κ1) is 13.9. The maximum absolute atomic E-state index is 5.47. The largest absolute Gasteiger partial charge is 0.380 e. The van der Waals surface area contributed by atoms with Gasteiger partial charge in [0.1, 0.15) is 0 Å². The lowest BCUT2D eigenvalue weighted by atomic mass is 9.97. The van der Waals surface area contributed by atoms with Crippen LogP contribution in [0.15, 0.2) is 28.8 Å². The Morgan fingerprint density at radius 1 is 1.23 bits per heavy atom. The number of aryl methyl sites for hydroxylation is 1. The van der Waals surface area contributed by atoms with Crippen molar-refractivity contribution >= 4 is 0 Å². The number of ether oxygens (including phenoxy) is 1. The number of benzene rings is 1. The third-order valence-corrected chi connectivity index (χ3v) is 4.74. The molecule has 2 aliphatic rings. The maximum Gasteiger partial charge on any atom is 0.232 e. The zero-order valence-electron chi connectivity index (χ0n) is 12.9. The van der Waals surface area contributed by atoms with Crippen molar-refractivity contribution in [3.63, 3.8) is 0 Å². The molecule has 0 aliphatic carbocycles. The fraction of sp³-hybridized carbons (Fsp3) is 0.529. The number of rotatable bonds is 4. The molecule has 2 fully saturated rings. The van der Waals surface area contributed by atoms with Crippen molar-refractivity contribution in [3.05, 3.63) is 35.7 Å². The molecule has 4 rings (SSSR count). The van der Waals surface area contributed by atoms with E-state index >= 15 is 0 Å². The molecule has 5 nitrogen and oxygen atoms in total. The van der Waals surface area contributed by atoms with E-state index in [-0.39, 0.29) is 0 Å². The summed E-state index contributed by atoms with van der Waals surface area (Å²) in [5, 5.41) is 4.14. The maximum atomic E-state index is 5.47. The molecule has 0 amide bonds. The summed E-state index contributed by atoms with van der Waals surface area (Å²) in [7, 11) is 0. The van der Waals surface area contributed by atoms with Gasteiger partial charge >= 0.3 is 0 Å². The molecular weight excluding hydrogens is 278 g/mol. The van der Waals surface area contributed by atoms with Gasteiger partial charge in [-0.1, -0.05) is 36.3 Å². The molecular formula is C17H21N3O2. The molecule has 5 heteroatoms. The molecule has 1 atom stereocenters. The highest BCUT2D eigenvalue weighted by molar-refractivity contribution is 5.54. The van der Waals surface area contributed by atoms with E-state index in [1.165, 1.54) is 5.56 Å². The second-order valence-electron chi connectivity index (χ2n) is 6.17. The Bertz CT molecular complexity index is 626. The summed E-state index contributed by atoms with van der Waals surface area (Å²) < 4.78 is 10.9. The fourth-order valence-electron chi connectivity index (χ4n) is 3.18. The van der Waals surface area contributed by atoms with Gasteiger partial charge in [-0.05, 0) is 18.4 Å². The van der Waals surface area contributed by atoms with Crippen LogP contribution in [-0.2, 0) is 11.2 Å². The molecule has 2 saturated heterocycles. The smallest absolute Gasteiger partial charge is 0.232 e. The Kier molecular flexibility index (Phi) is 3.68. The molecule has 0 saturated carbocycles. The Labute approximate surface area is 130 Å². The number of aromatic nitrogens is 2. The van der Waals surface area contributed by atoms with Gasteiger partial charge in [0.25, 0.3) is 0 Å². The van der Waals surface area contributed by atoms with Gasteiger partial charge in [-0.2, -0.15) is 4.98 Å². The first-order valence-corrected chi connectivity index (χ1v) is 8.08. The first-order valence-electron chi connectivity index (χ1n) is 8.08. The van der Waals surface area contributed by atoms with Crippen LogP contribution in [-0.4, -0.2) is 47.4 Å². The van der Waals surface area contributed by atoms with E-state index in [0.717, 1.165) is 50.6 Å². The summed E-state index contributed by atoms with van der Waals surface area (Å²) in [4.78, 5) is 7.04. The van der Waals surface area contributed by atoms with Crippen LogP contribution in [0, 0.1) is 0 Å². The molecule has 0 N–H and O–H groups in total. The molecule has 0 bridgehead atoms. The van der Waals surface area contributed by atoms with Crippen LogP contribution in [0.1, 0.15) is 30.7 Å². The SMILES string of the molecule is CCc1ccc(-c2noc(C3CN(C4CCOC4)C3)n2)cc1. The molecule has 0 radical (unpaired) electrons. The highest BCUT2D eigenvalue weighted by atomic mass is 16.5. The van der Waals surface area contributed by atoms with Crippen molar-refractivity contribution in [3.8, 4) is 11.4 Å². The molecule has 2 aromatic rings. The molecule has 1 aromatic heterocycles. The summed E-state index contributed by atoms with van der Waals surface area (Å²) in [6.45, 7) is 5.92. The van der Waals surface area contributed by atoms with Crippen LogP contribution < -0.4 is 0 Å². The van der Waals surface area contributed by atoms with Crippen LogP contribution in [0.2, 0.25) is 0 Å². The molecule has 3 heterocycles. The van der Waals surface area contributed by atoms with Crippen molar-refractivity contribution in [1.82, 2.24) is 15.0 Å². The Hall–Kier alpha value is -1.72. The summed E-state index contributed by atoms with van der Waals surface area (Å²) >= 11 is 0. The molecule has 116 valence electrons. The Morgan fingerprint density at radius 2 is 2.05 bits per heavy atom. The van der Waals surface area contributed by atoms with E-state index in [1.54, 1.807) is 0 Å². The highest BCUT2D eigenvalue weighted by Gasteiger charge is 2.37. The van der Waals surface area contributed by atoms with Gasteiger partial charge in [-0.3, -0.25) is 4.90 Å². The molecule has 22 heavy (non-hydrogen) atoms. The lowest BCUT2D eigenvalue weighted by Crippen LogP contribution is -2.51. The predicted molar refractivity (Wildman–Crippen MR) is 82.7 cm³/mol. The van der Waals surface area contributed by atoms with Gasteiger partial charge in [-0.25, -0.2) is 0 Å². The summed E-state index contributed by atoms with van der Waals surface area (Å²) in [5.41, 5.74) is 2.34. The quantitative estimate of drug-likeness (QED) is 0.868. The number of hydrogen-bond donors (Lipinski definition) is 0. The number of hydrogen-bond acceptors (Lipinski definition) is 5.